The molecule has 0 radical (unpaired) electrons. The van der Waals surface area contributed by atoms with Crippen LogP contribution in [-0.4, -0.2) is 5.91 Å². The number of rotatable bonds is 3. The predicted octanol–water partition coefficient (Wildman–Crippen LogP) is 4.19. The first kappa shape index (κ1) is 12.4. The third kappa shape index (κ3) is 2.87. The van der Waals surface area contributed by atoms with Gasteiger partial charge in [0, 0.05) is 16.1 Å². The Labute approximate surface area is 121 Å². The molecule has 3 rings (SSSR count). The molecule has 0 unspecified atom stereocenters. The standard InChI is InChI=1S/C16H14BrNO/c17-12-6-8-13(9-7-12)18-16(19)15-10-14(15)11-4-2-1-3-5-11/h1-9,14-15H,10H2,(H,18,19)/t14-,15-/m1/s1. The third-order valence-electron chi connectivity index (χ3n) is 3.47. The van der Waals surface area contributed by atoms with Gasteiger partial charge in [-0.05, 0) is 42.2 Å². The van der Waals surface area contributed by atoms with E-state index in [9.17, 15) is 4.79 Å². The van der Waals surface area contributed by atoms with Crippen molar-refractivity contribution in [2.45, 2.75) is 12.3 Å². The molecule has 2 nitrogen and oxygen atoms in total. The highest BCUT2D eigenvalue weighted by molar-refractivity contribution is 9.10. The number of amides is 1. The predicted molar refractivity (Wildman–Crippen MR) is 80.1 cm³/mol. The summed E-state index contributed by atoms with van der Waals surface area (Å²) in [5.74, 6) is 0.624. The van der Waals surface area contributed by atoms with Crippen LogP contribution in [0.2, 0.25) is 0 Å². The second kappa shape index (κ2) is 5.17. The van der Waals surface area contributed by atoms with Crippen LogP contribution >= 0.6 is 15.9 Å². The fourth-order valence-electron chi connectivity index (χ4n) is 2.32. The molecule has 1 aliphatic rings. The number of carbonyl (C=O) groups is 1. The van der Waals surface area contributed by atoms with Crippen molar-refractivity contribution in [2.24, 2.45) is 5.92 Å². The lowest BCUT2D eigenvalue weighted by atomic mass is 10.1. The molecule has 1 aliphatic carbocycles. The van der Waals surface area contributed by atoms with Gasteiger partial charge in [-0.25, -0.2) is 0 Å². The largest absolute Gasteiger partial charge is 0.326 e. The van der Waals surface area contributed by atoms with E-state index in [1.807, 2.05) is 42.5 Å². The Hall–Kier alpha value is -1.61. The molecule has 96 valence electrons. The van der Waals surface area contributed by atoms with Gasteiger partial charge in [-0.2, -0.15) is 0 Å². The smallest absolute Gasteiger partial charge is 0.228 e. The van der Waals surface area contributed by atoms with Crippen LogP contribution in [0.15, 0.2) is 59.1 Å². The van der Waals surface area contributed by atoms with Crippen LogP contribution in [-0.2, 0) is 4.79 Å². The van der Waals surface area contributed by atoms with Crippen LogP contribution in [0.3, 0.4) is 0 Å². The van der Waals surface area contributed by atoms with Gasteiger partial charge in [0.1, 0.15) is 0 Å². The summed E-state index contributed by atoms with van der Waals surface area (Å²) in [4.78, 5) is 12.1. The van der Waals surface area contributed by atoms with E-state index in [0.29, 0.717) is 5.92 Å². The number of nitrogens with one attached hydrogen (secondary N) is 1. The molecular weight excluding hydrogens is 302 g/mol. The Balaban J connectivity index is 1.63. The van der Waals surface area contributed by atoms with Gasteiger partial charge < -0.3 is 5.32 Å². The quantitative estimate of drug-likeness (QED) is 0.904. The average Bonchev–Trinajstić information content (AvgIpc) is 3.23. The first-order chi connectivity index (χ1) is 9.24. The molecule has 0 saturated heterocycles. The molecule has 1 saturated carbocycles. The molecule has 0 spiro atoms. The molecule has 1 N–H and O–H groups in total. The molecule has 0 aromatic heterocycles. The van der Waals surface area contributed by atoms with Crippen molar-refractivity contribution < 1.29 is 4.79 Å². The van der Waals surface area contributed by atoms with Gasteiger partial charge in [0.25, 0.3) is 0 Å². The van der Waals surface area contributed by atoms with Gasteiger partial charge in [-0.15, -0.1) is 0 Å². The molecule has 19 heavy (non-hydrogen) atoms. The fourth-order valence-corrected chi connectivity index (χ4v) is 2.59. The minimum Gasteiger partial charge on any atom is -0.326 e. The Morgan fingerprint density at radius 2 is 1.74 bits per heavy atom. The van der Waals surface area contributed by atoms with Crippen molar-refractivity contribution in [3.8, 4) is 0 Å². The monoisotopic (exact) mass is 315 g/mol. The second-order valence-electron chi connectivity index (χ2n) is 4.86. The normalized spacial score (nSPS) is 20.9. The van der Waals surface area contributed by atoms with Crippen LogP contribution in [0.1, 0.15) is 17.9 Å². The van der Waals surface area contributed by atoms with E-state index in [2.05, 4.69) is 33.4 Å². The van der Waals surface area contributed by atoms with E-state index in [1.165, 1.54) is 5.56 Å². The van der Waals surface area contributed by atoms with Crippen LogP contribution in [0.4, 0.5) is 5.69 Å². The van der Waals surface area contributed by atoms with E-state index in [1.54, 1.807) is 0 Å². The van der Waals surface area contributed by atoms with Gasteiger partial charge in [-0.1, -0.05) is 46.3 Å². The van der Waals surface area contributed by atoms with Gasteiger partial charge in [0.2, 0.25) is 5.91 Å². The van der Waals surface area contributed by atoms with E-state index in [0.717, 1.165) is 16.6 Å². The van der Waals surface area contributed by atoms with Crippen molar-refractivity contribution in [1.29, 1.82) is 0 Å². The van der Waals surface area contributed by atoms with Crippen LogP contribution in [0.25, 0.3) is 0 Å². The molecule has 2 aromatic carbocycles. The Morgan fingerprint density at radius 1 is 1.05 bits per heavy atom. The summed E-state index contributed by atoms with van der Waals surface area (Å²) < 4.78 is 1.01. The molecular formula is C16H14BrNO. The van der Waals surface area contributed by atoms with Crippen molar-refractivity contribution >= 4 is 27.5 Å². The fraction of sp³-hybridized carbons (Fsp3) is 0.188. The van der Waals surface area contributed by atoms with Crippen LogP contribution in [0, 0.1) is 5.92 Å². The minimum atomic E-state index is 0.117. The van der Waals surface area contributed by atoms with Gasteiger partial charge in [-0.3, -0.25) is 4.79 Å². The Kier molecular flexibility index (Phi) is 3.38. The zero-order chi connectivity index (χ0) is 13.2. The maximum atomic E-state index is 12.1. The van der Waals surface area contributed by atoms with Crippen molar-refractivity contribution in [3.05, 3.63) is 64.6 Å². The summed E-state index contributed by atoms with van der Waals surface area (Å²) in [7, 11) is 0. The lowest BCUT2D eigenvalue weighted by Gasteiger charge is -2.05. The third-order valence-corrected chi connectivity index (χ3v) is 4.00. The first-order valence-corrected chi connectivity index (χ1v) is 7.15. The number of halogens is 1. The maximum absolute atomic E-state index is 12.1. The van der Waals surface area contributed by atoms with Crippen molar-refractivity contribution in [3.63, 3.8) is 0 Å². The zero-order valence-electron chi connectivity index (χ0n) is 10.3. The summed E-state index contributed by atoms with van der Waals surface area (Å²) in [6.45, 7) is 0. The lowest BCUT2D eigenvalue weighted by molar-refractivity contribution is -0.117. The molecule has 3 heteroatoms. The molecule has 2 atom stereocenters. The van der Waals surface area contributed by atoms with Gasteiger partial charge in [0.15, 0.2) is 0 Å². The summed E-state index contributed by atoms with van der Waals surface area (Å²) in [5, 5.41) is 2.97. The number of carbonyl (C=O) groups excluding carboxylic acids is 1. The second-order valence-corrected chi connectivity index (χ2v) is 5.77. The summed E-state index contributed by atoms with van der Waals surface area (Å²) >= 11 is 3.38. The topological polar surface area (TPSA) is 29.1 Å². The molecule has 0 aliphatic heterocycles. The Bertz CT molecular complexity index is 579. The number of anilines is 1. The van der Waals surface area contributed by atoms with E-state index in [-0.39, 0.29) is 11.8 Å². The highest BCUT2D eigenvalue weighted by atomic mass is 79.9. The number of benzene rings is 2. The van der Waals surface area contributed by atoms with E-state index < -0.39 is 0 Å². The zero-order valence-corrected chi connectivity index (χ0v) is 11.9. The molecule has 0 heterocycles. The highest BCUT2D eigenvalue weighted by Gasteiger charge is 2.43. The van der Waals surface area contributed by atoms with Crippen LogP contribution < -0.4 is 5.32 Å². The molecule has 2 aromatic rings. The maximum Gasteiger partial charge on any atom is 0.228 e. The lowest BCUT2D eigenvalue weighted by Crippen LogP contribution is -2.14. The number of hydrogen-bond acceptors (Lipinski definition) is 1. The summed E-state index contributed by atoms with van der Waals surface area (Å²) in [6.07, 6.45) is 0.951. The SMILES string of the molecule is O=C(Nc1ccc(Br)cc1)[C@@H]1C[C@@H]1c1ccccc1. The summed E-state index contributed by atoms with van der Waals surface area (Å²) in [6, 6.07) is 17.9. The highest BCUT2D eigenvalue weighted by Crippen LogP contribution is 2.47. The van der Waals surface area contributed by atoms with Crippen molar-refractivity contribution in [2.75, 3.05) is 5.32 Å². The average molecular weight is 316 g/mol. The molecule has 0 bridgehead atoms. The molecule has 1 fully saturated rings. The Morgan fingerprint density at radius 3 is 2.42 bits per heavy atom. The van der Waals surface area contributed by atoms with Crippen molar-refractivity contribution in [1.82, 2.24) is 0 Å². The minimum absolute atomic E-state index is 0.117. The summed E-state index contributed by atoms with van der Waals surface area (Å²) in [5.41, 5.74) is 2.12. The van der Waals surface area contributed by atoms with Crippen LogP contribution in [0.5, 0.6) is 0 Å². The first-order valence-electron chi connectivity index (χ1n) is 6.35. The number of hydrogen-bond donors (Lipinski definition) is 1. The van der Waals surface area contributed by atoms with Gasteiger partial charge in [0.05, 0.1) is 0 Å². The van der Waals surface area contributed by atoms with E-state index >= 15 is 0 Å². The van der Waals surface area contributed by atoms with E-state index in [4.69, 9.17) is 0 Å². The molecule has 1 amide bonds. The van der Waals surface area contributed by atoms with Gasteiger partial charge >= 0.3 is 0 Å².